The highest BCUT2D eigenvalue weighted by Crippen LogP contribution is 2.49. The smallest absolute Gasteiger partial charge is 0.336 e. The standard InChI is InChI=1S/C25H31NO7/c1-7-32-24(28)18-13(3)12-16-21(22(18)27)20(19(14(4)26-16)25(29)33-8-2)15-10-9-11-17(30-5)23(15)31-6/h9-11,13,18,20,26H,7-8,12H2,1-6H3/t13-,18-,20+/m1/s1. The molecule has 1 aromatic carbocycles. The van der Waals surface area contributed by atoms with Gasteiger partial charge in [0.15, 0.2) is 17.3 Å². The Bertz CT molecular complexity index is 1020. The van der Waals surface area contributed by atoms with Crippen molar-refractivity contribution in [1.29, 1.82) is 0 Å². The van der Waals surface area contributed by atoms with Gasteiger partial charge in [0.05, 0.1) is 38.9 Å². The van der Waals surface area contributed by atoms with Gasteiger partial charge in [0, 0.05) is 22.5 Å². The van der Waals surface area contributed by atoms with Crippen LogP contribution in [-0.2, 0) is 23.9 Å². The number of ether oxygens (including phenoxy) is 4. The summed E-state index contributed by atoms with van der Waals surface area (Å²) in [5, 5.41) is 3.24. The predicted molar refractivity (Wildman–Crippen MR) is 121 cm³/mol. The molecule has 1 aliphatic carbocycles. The van der Waals surface area contributed by atoms with Crippen LogP contribution in [0.3, 0.4) is 0 Å². The summed E-state index contributed by atoms with van der Waals surface area (Å²) in [4.78, 5) is 39.6. The maximum atomic E-state index is 13.8. The number of esters is 2. The molecule has 3 atom stereocenters. The van der Waals surface area contributed by atoms with Crippen molar-refractivity contribution in [3.05, 3.63) is 46.3 Å². The Labute approximate surface area is 193 Å². The van der Waals surface area contributed by atoms with E-state index in [2.05, 4.69) is 5.32 Å². The Hall–Kier alpha value is -3.29. The molecule has 1 N–H and O–H groups in total. The highest BCUT2D eigenvalue weighted by molar-refractivity contribution is 6.12. The van der Waals surface area contributed by atoms with Gasteiger partial charge in [-0.2, -0.15) is 0 Å². The molecule has 1 aliphatic heterocycles. The van der Waals surface area contributed by atoms with Gasteiger partial charge in [0.25, 0.3) is 0 Å². The Morgan fingerprint density at radius 3 is 2.39 bits per heavy atom. The summed E-state index contributed by atoms with van der Waals surface area (Å²) in [7, 11) is 3.02. The minimum Gasteiger partial charge on any atom is -0.493 e. The highest BCUT2D eigenvalue weighted by Gasteiger charge is 2.48. The summed E-state index contributed by atoms with van der Waals surface area (Å²) >= 11 is 0. The van der Waals surface area contributed by atoms with Crippen molar-refractivity contribution in [3.63, 3.8) is 0 Å². The monoisotopic (exact) mass is 457 g/mol. The highest BCUT2D eigenvalue weighted by atomic mass is 16.5. The van der Waals surface area contributed by atoms with Crippen LogP contribution in [0.5, 0.6) is 11.5 Å². The number of ketones is 1. The number of allylic oxidation sites excluding steroid dienone is 3. The number of hydrogen-bond donors (Lipinski definition) is 1. The van der Waals surface area contributed by atoms with Crippen LogP contribution < -0.4 is 14.8 Å². The molecule has 0 unspecified atom stereocenters. The zero-order valence-electron chi connectivity index (χ0n) is 19.9. The van der Waals surface area contributed by atoms with Gasteiger partial charge in [-0.1, -0.05) is 19.1 Å². The minimum atomic E-state index is -0.952. The third-order valence-corrected chi connectivity index (χ3v) is 6.07. The first-order valence-electron chi connectivity index (χ1n) is 11.1. The van der Waals surface area contributed by atoms with Crippen molar-refractivity contribution >= 4 is 17.7 Å². The molecule has 0 radical (unpaired) electrons. The zero-order chi connectivity index (χ0) is 24.3. The molecule has 0 bridgehead atoms. The van der Waals surface area contributed by atoms with Gasteiger partial charge < -0.3 is 24.3 Å². The van der Waals surface area contributed by atoms with Gasteiger partial charge in [0.2, 0.25) is 0 Å². The largest absolute Gasteiger partial charge is 0.493 e. The fraction of sp³-hybridized carbons (Fsp3) is 0.480. The van der Waals surface area contributed by atoms with Crippen LogP contribution in [0.25, 0.3) is 0 Å². The number of carbonyl (C=O) groups excluding carboxylic acids is 3. The van der Waals surface area contributed by atoms with E-state index in [-0.39, 0.29) is 24.9 Å². The fourth-order valence-corrected chi connectivity index (χ4v) is 4.72. The summed E-state index contributed by atoms with van der Waals surface area (Å²) in [6.07, 6.45) is 0.459. The summed E-state index contributed by atoms with van der Waals surface area (Å²) in [6, 6.07) is 5.31. The molecule has 0 aromatic heterocycles. The predicted octanol–water partition coefficient (Wildman–Crippen LogP) is 3.27. The zero-order valence-corrected chi connectivity index (χ0v) is 19.9. The van der Waals surface area contributed by atoms with Crippen LogP contribution in [0.2, 0.25) is 0 Å². The fourth-order valence-electron chi connectivity index (χ4n) is 4.72. The lowest BCUT2D eigenvalue weighted by Gasteiger charge is -2.38. The van der Waals surface area contributed by atoms with Gasteiger partial charge in [-0.25, -0.2) is 4.79 Å². The van der Waals surface area contributed by atoms with Crippen molar-refractivity contribution in [2.24, 2.45) is 11.8 Å². The van der Waals surface area contributed by atoms with Crippen molar-refractivity contribution < 1.29 is 33.3 Å². The van der Waals surface area contributed by atoms with Crippen molar-refractivity contribution in [3.8, 4) is 11.5 Å². The SMILES string of the molecule is CCOC(=O)C1=C(C)NC2=C(C(=O)[C@H](C(=O)OCC)[C@H](C)C2)[C@H]1c1cccc(OC)c1OC. The molecule has 33 heavy (non-hydrogen) atoms. The number of benzene rings is 1. The van der Waals surface area contributed by atoms with Gasteiger partial charge >= 0.3 is 11.9 Å². The molecule has 0 fully saturated rings. The molecule has 8 nitrogen and oxygen atoms in total. The number of para-hydroxylation sites is 1. The molecule has 0 amide bonds. The van der Waals surface area contributed by atoms with E-state index < -0.39 is 23.8 Å². The van der Waals surface area contributed by atoms with Gasteiger partial charge in [-0.05, 0) is 39.2 Å². The maximum Gasteiger partial charge on any atom is 0.336 e. The van der Waals surface area contributed by atoms with Gasteiger partial charge in [0.1, 0.15) is 5.92 Å². The van der Waals surface area contributed by atoms with Crippen LogP contribution in [0, 0.1) is 11.8 Å². The average molecular weight is 458 g/mol. The van der Waals surface area contributed by atoms with E-state index in [1.54, 1.807) is 39.0 Å². The molecule has 0 spiro atoms. The van der Waals surface area contributed by atoms with E-state index in [4.69, 9.17) is 18.9 Å². The van der Waals surface area contributed by atoms with E-state index in [0.717, 1.165) is 0 Å². The van der Waals surface area contributed by atoms with Crippen LogP contribution >= 0.6 is 0 Å². The summed E-state index contributed by atoms with van der Waals surface area (Å²) in [6.45, 7) is 7.42. The third-order valence-electron chi connectivity index (χ3n) is 6.07. The minimum absolute atomic E-state index is 0.180. The second-order valence-electron chi connectivity index (χ2n) is 8.07. The first-order valence-corrected chi connectivity index (χ1v) is 11.1. The number of hydrogen-bond acceptors (Lipinski definition) is 8. The first kappa shape index (κ1) is 24.4. The van der Waals surface area contributed by atoms with Crippen molar-refractivity contribution in [2.75, 3.05) is 27.4 Å². The summed E-state index contributed by atoms with van der Waals surface area (Å²) in [5.74, 6) is -2.58. The Morgan fingerprint density at radius 2 is 1.79 bits per heavy atom. The first-order chi connectivity index (χ1) is 15.8. The van der Waals surface area contributed by atoms with E-state index >= 15 is 0 Å². The second kappa shape index (κ2) is 10.1. The normalized spacial score (nSPS) is 22.4. The molecular weight excluding hydrogens is 426 g/mol. The van der Waals surface area contributed by atoms with Crippen LogP contribution in [-0.4, -0.2) is 45.2 Å². The molecule has 8 heteroatoms. The van der Waals surface area contributed by atoms with Crippen LogP contribution in [0.1, 0.15) is 45.6 Å². The Balaban J connectivity index is 2.26. The molecular formula is C25H31NO7. The summed E-state index contributed by atoms with van der Waals surface area (Å²) in [5.41, 5.74) is 2.52. The molecule has 1 aromatic rings. The lowest BCUT2D eigenvalue weighted by atomic mass is 9.69. The summed E-state index contributed by atoms with van der Waals surface area (Å²) < 4.78 is 21.7. The Morgan fingerprint density at radius 1 is 1.09 bits per heavy atom. The lowest BCUT2D eigenvalue weighted by Crippen LogP contribution is -2.43. The molecule has 178 valence electrons. The third kappa shape index (κ3) is 4.34. The molecule has 0 saturated heterocycles. The van der Waals surface area contributed by atoms with E-state index in [0.29, 0.717) is 46.0 Å². The second-order valence-corrected chi connectivity index (χ2v) is 8.07. The van der Waals surface area contributed by atoms with E-state index in [1.165, 1.54) is 14.2 Å². The van der Waals surface area contributed by atoms with Crippen LogP contribution in [0.4, 0.5) is 0 Å². The molecule has 1 heterocycles. The topological polar surface area (TPSA) is 100 Å². The van der Waals surface area contributed by atoms with Crippen molar-refractivity contribution in [2.45, 2.75) is 40.0 Å². The lowest BCUT2D eigenvalue weighted by molar-refractivity contribution is -0.153. The number of nitrogens with one attached hydrogen (secondary N) is 1. The molecule has 0 saturated carbocycles. The van der Waals surface area contributed by atoms with Gasteiger partial charge in [-0.15, -0.1) is 0 Å². The number of carbonyl (C=O) groups is 3. The Kier molecular flexibility index (Phi) is 7.46. The van der Waals surface area contributed by atoms with E-state index in [1.807, 2.05) is 6.92 Å². The molecule has 2 aliphatic rings. The number of rotatable bonds is 7. The number of methoxy groups -OCH3 is 2. The molecule has 3 rings (SSSR count). The van der Waals surface area contributed by atoms with Crippen LogP contribution in [0.15, 0.2) is 40.7 Å². The van der Waals surface area contributed by atoms with Gasteiger partial charge in [-0.3, -0.25) is 9.59 Å². The average Bonchev–Trinajstić information content (AvgIpc) is 2.77. The number of Topliss-reactive ketones (excluding diaryl/α,β-unsaturated/α-hetero) is 1. The maximum absolute atomic E-state index is 13.8. The quantitative estimate of drug-likeness (QED) is 0.492. The number of dihydropyridines is 1. The van der Waals surface area contributed by atoms with E-state index in [9.17, 15) is 14.4 Å². The van der Waals surface area contributed by atoms with Crippen molar-refractivity contribution in [1.82, 2.24) is 5.32 Å².